The van der Waals surface area contributed by atoms with Crippen LogP contribution < -0.4 is 0 Å². The molecule has 5 atom stereocenters. The van der Waals surface area contributed by atoms with E-state index in [1.165, 1.54) is 6.92 Å². The summed E-state index contributed by atoms with van der Waals surface area (Å²) < 4.78 is 11.7. The third-order valence-electron chi connectivity index (χ3n) is 6.80. The van der Waals surface area contributed by atoms with Crippen LogP contribution in [0.2, 0.25) is 0 Å². The van der Waals surface area contributed by atoms with Crippen molar-refractivity contribution in [3.05, 3.63) is 11.6 Å². The fourth-order valence-corrected chi connectivity index (χ4v) is 5.09. The standard InChI is InChI=1S/C22H34O5/c1-8-14(4)20(25)26-19-9-10-21(6)12-17(24)16(13(2)3)11-18(21)22(19,7)27-15(5)23/h8,13,16,18-19H,9-12H2,1-7H3/b14-8-/t16-,18+,19-,21-,22+/m1/s1. The van der Waals surface area contributed by atoms with E-state index in [0.717, 1.165) is 6.42 Å². The zero-order chi connectivity index (χ0) is 20.6. The molecule has 5 heteroatoms. The molecule has 152 valence electrons. The lowest BCUT2D eigenvalue weighted by Gasteiger charge is -2.57. The van der Waals surface area contributed by atoms with Gasteiger partial charge in [-0.1, -0.05) is 26.8 Å². The zero-order valence-electron chi connectivity index (χ0n) is 17.8. The Kier molecular flexibility index (Phi) is 6.23. The number of esters is 2. The Hall–Kier alpha value is -1.65. The van der Waals surface area contributed by atoms with Gasteiger partial charge in [-0.25, -0.2) is 4.79 Å². The van der Waals surface area contributed by atoms with Crippen molar-refractivity contribution in [1.82, 2.24) is 0 Å². The molecule has 2 fully saturated rings. The number of hydrogen-bond acceptors (Lipinski definition) is 5. The monoisotopic (exact) mass is 378 g/mol. The Labute approximate surface area is 162 Å². The summed E-state index contributed by atoms with van der Waals surface area (Å²) in [5, 5.41) is 0. The Balaban J connectivity index is 2.41. The van der Waals surface area contributed by atoms with Crippen LogP contribution >= 0.6 is 0 Å². The first-order valence-corrected chi connectivity index (χ1v) is 10.0. The quantitative estimate of drug-likeness (QED) is 0.541. The molecule has 27 heavy (non-hydrogen) atoms. The highest BCUT2D eigenvalue weighted by Crippen LogP contribution is 2.57. The second-order valence-electron chi connectivity index (χ2n) is 9.12. The van der Waals surface area contributed by atoms with Crippen LogP contribution in [-0.2, 0) is 23.9 Å². The highest BCUT2D eigenvalue weighted by molar-refractivity contribution is 5.88. The molecule has 0 bridgehead atoms. The molecule has 0 aromatic carbocycles. The van der Waals surface area contributed by atoms with Crippen LogP contribution in [0.25, 0.3) is 0 Å². The lowest BCUT2D eigenvalue weighted by molar-refractivity contribution is -0.222. The molecular formula is C22H34O5. The summed E-state index contributed by atoms with van der Waals surface area (Å²) in [6.45, 7) is 13.0. The normalized spacial score (nSPS) is 37.0. The summed E-state index contributed by atoms with van der Waals surface area (Å²) in [6.07, 6.45) is 3.71. The second kappa shape index (κ2) is 7.76. The molecular weight excluding hydrogens is 344 g/mol. The van der Waals surface area contributed by atoms with E-state index in [-0.39, 0.29) is 35.1 Å². The Morgan fingerprint density at radius 3 is 2.37 bits per heavy atom. The minimum Gasteiger partial charge on any atom is -0.455 e. The molecule has 0 aromatic heterocycles. The van der Waals surface area contributed by atoms with Gasteiger partial charge in [-0.15, -0.1) is 0 Å². The van der Waals surface area contributed by atoms with Crippen molar-refractivity contribution in [3.63, 3.8) is 0 Å². The summed E-state index contributed by atoms with van der Waals surface area (Å²) in [5.74, 6) is -0.313. The number of Topliss-reactive ketones (excluding diaryl/α,β-unsaturated/α-hetero) is 1. The van der Waals surface area contributed by atoms with Gasteiger partial charge in [0.25, 0.3) is 0 Å². The van der Waals surface area contributed by atoms with E-state index in [1.54, 1.807) is 19.9 Å². The topological polar surface area (TPSA) is 69.7 Å². The molecule has 0 spiro atoms. The number of carbonyl (C=O) groups is 3. The van der Waals surface area contributed by atoms with Crippen LogP contribution in [0.4, 0.5) is 0 Å². The minimum atomic E-state index is -0.934. The molecule has 0 N–H and O–H groups in total. The van der Waals surface area contributed by atoms with Crippen molar-refractivity contribution < 1.29 is 23.9 Å². The highest BCUT2D eigenvalue weighted by atomic mass is 16.6. The number of hydrogen-bond donors (Lipinski definition) is 0. The average molecular weight is 379 g/mol. The molecule has 2 aliphatic carbocycles. The van der Waals surface area contributed by atoms with Crippen LogP contribution in [0.15, 0.2) is 11.6 Å². The minimum absolute atomic E-state index is 0.0311. The van der Waals surface area contributed by atoms with Gasteiger partial charge in [-0.3, -0.25) is 9.59 Å². The van der Waals surface area contributed by atoms with Crippen LogP contribution in [-0.4, -0.2) is 29.4 Å². The summed E-state index contributed by atoms with van der Waals surface area (Å²) in [4.78, 5) is 37.1. The molecule has 0 heterocycles. The van der Waals surface area contributed by atoms with E-state index in [4.69, 9.17) is 9.47 Å². The van der Waals surface area contributed by atoms with Crippen LogP contribution in [0.5, 0.6) is 0 Å². The molecule has 0 amide bonds. The molecule has 0 saturated heterocycles. The Bertz CT molecular complexity index is 649. The first-order chi connectivity index (χ1) is 12.4. The van der Waals surface area contributed by atoms with Gasteiger partial charge in [0.15, 0.2) is 0 Å². The van der Waals surface area contributed by atoms with Crippen LogP contribution in [0, 0.1) is 23.2 Å². The average Bonchev–Trinajstić information content (AvgIpc) is 2.55. The van der Waals surface area contributed by atoms with Gasteiger partial charge in [-0.2, -0.15) is 0 Å². The van der Waals surface area contributed by atoms with Gasteiger partial charge in [0, 0.05) is 30.8 Å². The van der Waals surface area contributed by atoms with Gasteiger partial charge >= 0.3 is 11.9 Å². The second-order valence-corrected chi connectivity index (χ2v) is 9.12. The lowest BCUT2D eigenvalue weighted by Crippen LogP contribution is -2.62. The largest absolute Gasteiger partial charge is 0.455 e. The van der Waals surface area contributed by atoms with Gasteiger partial charge in [0.05, 0.1) is 0 Å². The molecule has 2 rings (SSSR count). The number of ether oxygens (including phenoxy) is 2. The van der Waals surface area contributed by atoms with Crippen molar-refractivity contribution in [2.75, 3.05) is 0 Å². The number of fused-ring (bicyclic) bond motifs is 1. The number of carbonyl (C=O) groups excluding carboxylic acids is 3. The van der Waals surface area contributed by atoms with Crippen molar-refractivity contribution >= 4 is 17.7 Å². The number of rotatable bonds is 4. The lowest BCUT2D eigenvalue weighted by atomic mass is 9.51. The van der Waals surface area contributed by atoms with Crippen LogP contribution in [0.1, 0.15) is 74.1 Å². The SMILES string of the molecule is C/C=C(/C)C(=O)O[C@@H]1CC[C@]2(C)CC(=O)[C@@H](C(C)C)C[C@@H]2[C@]1(C)OC(C)=O. The summed E-state index contributed by atoms with van der Waals surface area (Å²) in [7, 11) is 0. The van der Waals surface area contributed by atoms with Gasteiger partial charge in [0.1, 0.15) is 17.5 Å². The molecule has 0 unspecified atom stereocenters. The van der Waals surface area contributed by atoms with E-state index >= 15 is 0 Å². The smallest absolute Gasteiger partial charge is 0.333 e. The first-order valence-electron chi connectivity index (χ1n) is 10.0. The molecule has 0 radical (unpaired) electrons. The molecule has 2 aliphatic rings. The van der Waals surface area contributed by atoms with E-state index in [1.807, 2.05) is 6.92 Å². The summed E-state index contributed by atoms with van der Waals surface area (Å²) >= 11 is 0. The van der Waals surface area contributed by atoms with E-state index < -0.39 is 11.7 Å². The maximum atomic E-state index is 12.7. The van der Waals surface area contributed by atoms with Crippen molar-refractivity contribution in [3.8, 4) is 0 Å². The maximum Gasteiger partial charge on any atom is 0.333 e. The van der Waals surface area contributed by atoms with Crippen molar-refractivity contribution in [2.45, 2.75) is 85.9 Å². The predicted molar refractivity (Wildman–Crippen MR) is 103 cm³/mol. The number of allylic oxidation sites excluding steroid dienone is 1. The summed E-state index contributed by atoms with van der Waals surface area (Å²) in [6, 6.07) is 0. The third kappa shape index (κ3) is 4.12. The Morgan fingerprint density at radius 1 is 1.22 bits per heavy atom. The number of ketones is 1. The van der Waals surface area contributed by atoms with E-state index in [2.05, 4.69) is 20.8 Å². The molecule has 5 nitrogen and oxygen atoms in total. The third-order valence-corrected chi connectivity index (χ3v) is 6.80. The molecule has 0 aromatic rings. The van der Waals surface area contributed by atoms with E-state index in [0.29, 0.717) is 30.6 Å². The fraction of sp³-hybridized carbons (Fsp3) is 0.773. The van der Waals surface area contributed by atoms with Gasteiger partial charge < -0.3 is 9.47 Å². The Morgan fingerprint density at radius 2 is 1.85 bits per heavy atom. The fourth-order valence-electron chi connectivity index (χ4n) is 5.09. The maximum absolute atomic E-state index is 12.7. The predicted octanol–water partition coefficient (Wildman–Crippen LogP) is 4.24. The zero-order valence-corrected chi connectivity index (χ0v) is 17.8. The van der Waals surface area contributed by atoms with Crippen LogP contribution in [0.3, 0.4) is 0 Å². The highest BCUT2D eigenvalue weighted by Gasteiger charge is 2.60. The summed E-state index contributed by atoms with van der Waals surface area (Å²) in [5.41, 5.74) is -0.644. The molecule has 2 saturated carbocycles. The van der Waals surface area contributed by atoms with Gasteiger partial charge in [-0.05, 0) is 51.4 Å². The first kappa shape index (κ1) is 21.6. The van der Waals surface area contributed by atoms with Crippen molar-refractivity contribution in [1.29, 1.82) is 0 Å². The molecule has 0 aliphatic heterocycles. The van der Waals surface area contributed by atoms with Gasteiger partial charge in [0.2, 0.25) is 0 Å². The van der Waals surface area contributed by atoms with Crippen molar-refractivity contribution in [2.24, 2.45) is 23.2 Å². The van der Waals surface area contributed by atoms with E-state index in [9.17, 15) is 14.4 Å².